The zero-order valence-corrected chi connectivity index (χ0v) is 49.4. The van der Waals surface area contributed by atoms with E-state index in [0.29, 0.717) is 19.3 Å². The Hall–Kier alpha value is -2.11. The van der Waals surface area contributed by atoms with E-state index >= 15 is 0 Å². The summed E-state index contributed by atoms with van der Waals surface area (Å²) in [5.41, 5.74) is 0. The normalized spacial score (nSPS) is 12.1. The van der Waals surface area contributed by atoms with E-state index in [1.807, 2.05) is 0 Å². The standard InChI is InChI=1S/C67H126O6/c1-4-7-10-13-16-19-22-25-27-29-30-31-32-33-34-35-36-37-38-39-41-42-45-48-51-54-57-60-66(69)72-63-64(62-71-65(68)59-56-53-50-47-44-24-21-18-15-12-9-6-3)73-67(70)61-58-55-52-49-46-43-40-28-26-23-20-17-14-11-8-5-2/h28-30,40,64H,4-27,31-39,41-63H2,1-3H3/b30-29-,40-28-. The molecule has 0 saturated heterocycles. The van der Waals surface area contributed by atoms with Gasteiger partial charge in [-0.25, -0.2) is 0 Å². The number of carbonyl (C=O) groups excluding carboxylic acids is 3. The topological polar surface area (TPSA) is 78.9 Å². The van der Waals surface area contributed by atoms with E-state index in [9.17, 15) is 14.4 Å². The lowest BCUT2D eigenvalue weighted by Gasteiger charge is -2.18. The Labute approximate surface area is 455 Å². The molecule has 0 aliphatic carbocycles. The highest BCUT2D eigenvalue weighted by Crippen LogP contribution is 2.18. The molecule has 6 nitrogen and oxygen atoms in total. The van der Waals surface area contributed by atoms with Crippen LogP contribution < -0.4 is 0 Å². The van der Waals surface area contributed by atoms with Crippen LogP contribution in [0.2, 0.25) is 0 Å². The summed E-state index contributed by atoms with van der Waals surface area (Å²) >= 11 is 0. The highest BCUT2D eigenvalue weighted by atomic mass is 16.6. The summed E-state index contributed by atoms with van der Waals surface area (Å²) < 4.78 is 16.9. The summed E-state index contributed by atoms with van der Waals surface area (Å²) in [4.78, 5) is 38.2. The molecule has 0 aromatic heterocycles. The molecular formula is C67H126O6. The lowest BCUT2D eigenvalue weighted by molar-refractivity contribution is -0.167. The molecule has 0 radical (unpaired) electrons. The maximum absolute atomic E-state index is 12.9. The number of esters is 3. The fourth-order valence-electron chi connectivity index (χ4n) is 9.97. The molecule has 0 fully saturated rings. The van der Waals surface area contributed by atoms with E-state index in [2.05, 4.69) is 45.1 Å². The molecule has 6 heteroatoms. The van der Waals surface area contributed by atoms with Crippen LogP contribution in [0, 0.1) is 0 Å². The fraction of sp³-hybridized carbons (Fsp3) is 0.896. The summed E-state index contributed by atoms with van der Waals surface area (Å²) in [6.45, 7) is 6.69. The number of hydrogen-bond donors (Lipinski definition) is 0. The predicted molar refractivity (Wildman–Crippen MR) is 316 cm³/mol. The average molecular weight is 1030 g/mol. The average Bonchev–Trinajstić information content (AvgIpc) is 3.39. The van der Waals surface area contributed by atoms with Crippen molar-refractivity contribution in [2.45, 2.75) is 374 Å². The van der Waals surface area contributed by atoms with E-state index in [4.69, 9.17) is 14.2 Å². The zero-order chi connectivity index (χ0) is 52.9. The van der Waals surface area contributed by atoms with Gasteiger partial charge in [-0.15, -0.1) is 0 Å². The van der Waals surface area contributed by atoms with Gasteiger partial charge >= 0.3 is 17.9 Å². The molecule has 0 aromatic rings. The number of hydrogen-bond acceptors (Lipinski definition) is 6. The Morgan fingerprint density at radius 1 is 0.260 bits per heavy atom. The molecule has 0 aromatic carbocycles. The summed E-state index contributed by atoms with van der Waals surface area (Å²) in [5, 5.41) is 0. The quantitative estimate of drug-likeness (QED) is 0.0261. The second-order valence-corrected chi connectivity index (χ2v) is 22.4. The molecule has 73 heavy (non-hydrogen) atoms. The van der Waals surface area contributed by atoms with Crippen molar-refractivity contribution in [3.63, 3.8) is 0 Å². The van der Waals surface area contributed by atoms with Gasteiger partial charge in [0.2, 0.25) is 0 Å². The molecule has 0 heterocycles. The maximum Gasteiger partial charge on any atom is 0.306 e. The van der Waals surface area contributed by atoms with Gasteiger partial charge in [0.15, 0.2) is 6.10 Å². The van der Waals surface area contributed by atoms with Crippen LogP contribution in [0.3, 0.4) is 0 Å². The van der Waals surface area contributed by atoms with Crippen LogP contribution in [-0.4, -0.2) is 37.2 Å². The van der Waals surface area contributed by atoms with Crippen LogP contribution in [0.15, 0.2) is 24.3 Å². The van der Waals surface area contributed by atoms with Crippen molar-refractivity contribution in [1.29, 1.82) is 0 Å². The lowest BCUT2D eigenvalue weighted by Crippen LogP contribution is -2.30. The van der Waals surface area contributed by atoms with E-state index < -0.39 is 6.10 Å². The third-order valence-electron chi connectivity index (χ3n) is 14.9. The zero-order valence-electron chi connectivity index (χ0n) is 49.4. The molecule has 1 atom stereocenters. The largest absolute Gasteiger partial charge is 0.462 e. The molecule has 0 amide bonds. The fourth-order valence-corrected chi connectivity index (χ4v) is 9.97. The predicted octanol–water partition coefficient (Wildman–Crippen LogP) is 22.2. The number of ether oxygens (including phenoxy) is 3. The van der Waals surface area contributed by atoms with Gasteiger partial charge in [0.05, 0.1) is 0 Å². The Balaban J connectivity index is 4.18. The van der Waals surface area contributed by atoms with Crippen LogP contribution >= 0.6 is 0 Å². The van der Waals surface area contributed by atoms with Gasteiger partial charge in [-0.3, -0.25) is 14.4 Å². The van der Waals surface area contributed by atoms with Crippen molar-refractivity contribution >= 4 is 17.9 Å². The molecule has 1 unspecified atom stereocenters. The van der Waals surface area contributed by atoms with Gasteiger partial charge in [-0.1, -0.05) is 302 Å². The highest BCUT2D eigenvalue weighted by molar-refractivity contribution is 5.71. The Morgan fingerprint density at radius 3 is 0.685 bits per heavy atom. The number of unbranched alkanes of at least 4 members (excludes halogenated alkanes) is 46. The second kappa shape index (κ2) is 62.4. The van der Waals surface area contributed by atoms with E-state index in [1.165, 1.54) is 263 Å². The lowest BCUT2D eigenvalue weighted by atomic mass is 10.0. The minimum Gasteiger partial charge on any atom is -0.462 e. The van der Waals surface area contributed by atoms with E-state index in [-0.39, 0.29) is 31.1 Å². The van der Waals surface area contributed by atoms with Crippen molar-refractivity contribution in [2.24, 2.45) is 0 Å². The molecule has 0 aliphatic heterocycles. The first kappa shape index (κ1) is 70.9. The molecule has 430 valence electrons. The van der Waals surface area contributed by atoms with Crippen LogP contribution in [0.5, 0.6) is 0 Å². The Bertz CT molecular complexity index is 1180. The van der Waals surface area contributed by atoms with Crippen LogP contribution in [0.1, 0.15) is 367 Å². The first-order valence-corrected chi connectivity index (χ1v) is 32.8. The van der Waals surface area contributed by atoms with Crippen LogP contribution in [0.25, 0.3) is 0 Å². The van der Waals surface area contributed by atoms with Gasteiger partial charge in [0.25, 0.3) is 0 Å². The Kier molecular flexibility index (Phi) is 60.6. The molecule has 0 aliphatic rings. The van der Waals surface area contributed by atoms with Gasteiger partial charge in [-0.2, -0.15) is 0 Å². The molecule has 0 spiro atoms. The Morgan fingerprint density at radius 2 is 0.452 bits per heavy atom. The van der Waals surface area contributed by atoms with Crippen molar-refractivity contribution < 1.29 is 28.6 Å². The summed E-state index contributed by atoms with van der Waals surface area (Å²) in [6, 6.07) is 0. The van der Waals surface area contributed by atoms with Gasteiger partial charge in [-0.05, 0) is 70.6 Å². The highest BCUT2D eigenvalue weighted by Gasteiger charge is 2.19. The first-order chi connectivity index (χ1) is 36.0. The van der Waals surface area contributed by atoms with Crippen molar-refractivity contribution in [2.75, 3.05) is 13.2 Å². The van der Waals surface area contributed by atoms with E-state index in [1.54, 1.807) is 0 Å². The maximum atomic E-state index is 12.9. The number of allylic oxidation sites excluding steroid dienone is 4. The summed E-state index contributed by atoms with van der Waals surface area (Å²) in [6.07, 6.45) is 74.8. The van der Waals surface area contributed by atoms with E-state index in [0.717, 1.165) is 64.2 Å². The molecular weight excluding hydrogens is 901 g/mol. The SMILES string of the molecule is CCCCCCCCC/C=C\CCCCCCCC(=O)OC(COC(=O)CCCCCCCCCCCCCC)COC(=O)CCCCCCCCCCCCCCCCC/C=C\CCCCCCCCCC. The molecule has 0 saturated carbocycles. The third-order valence-corrected chi connectivity index (χ3v) is 14.9. The van der Waals surface area contributed by atoms with Gasteiger partial charge in [0, 0.05) is 19.3 Å². The molecule has 0 rings (SSSR count). The minimum absolute atomic E-state index is 0.0691. The van der Waals surface area contributed by atoms with Crippen LogP contribution in [0.4, 0.5) is 0 Å². The second-order valence-electron chi connectivity index (χ2n) is 22.4. The first-order valence-electron chi connectivity index (χ1n) is 32.8. The smallest absolute Gasteiger partial charge is 0.306 e. The molecule has 0 N–H and O–H groups in total. The van der Waals surface area contributed by atoms with Gasteiger partial charge in [0.1, 0.15) is 13.2 Å². The minimum atomic E-state index is -0.771. The monoisotopic (exact) mass is 1030 g/mol. The van der Waals surface area contributed by atoms with Crippen molar-refractivity contribution in [3.05, 3.63) is 24.3 Å². The third kappa shape index (κ3) is 60.6. The summed E-state index contributed by atoms with van der Waals surface area (Å²) in [5.74, 6) is -0.852. The van der Waals surface area contributed by atoms with Crippen molar-refractivity contribution in [1.82, 2.24) is 0 Å². The number of carbonyl (C=O) groups is 3. The van der Waals surface area contributed by atoms with Crippen LogP contribution in [-0.2, 0) is 28.6 Å². The van der Waals surface area contributed by atoms with Crippen molar-refractivity contribution in [3.8, 4) is 0 Å². The number of rotatable bonds is 61. The summed E-state index contributed by atoms with van der Waals surface area (Å²) in [7, 11) is 0. The molecule has 0 bridgehead atoms. The van der Waals surface area contributed by atoms with Gasteiger partial charge < -0.3 is 14.2 Å².